The fourth-order valence-corrected chi connectivity index (χ4v) is 3.52. The number of fused-ring (bicyclic) bond motifs is 14. The molecule has 7 nitrogen and oxygen atoms in total. The number of amides is 1. The van der Waals surface area contributed by atoms with Crippen molar-refractivity contribution in [1.29, 1.82) is 0 Å². The summed E-state index contributed by atoms with van der Waals surface area (Å²) >= 11 is 0. The number of hydrogen-bond donors (Lipinski definition) is 2. The fraction of sp³-hybridized carbons (Fsp3) is 0.565. The predicted molar refractivity (Wildman–Crippen MR) is 118 cm³/mol. The van der Waals surface area contributed by atoms with Crippen LogP contribution < -0.4 is 15.4 Å². The first-order valence-electron chi connectivity index (χ1n) is 11.2. The summed E-state index contributed by atoms with van der Waals surface area (Å²) in [5.41, 5.74) is 1.72. The van der Waals surface area contributed by atoms with Crippen LogP contribution >= 0.6 is 0 Å². The van der Waals surface area contributed by atoms with Crippen molar-refractivity contribution in [2.45, 2.75) is 64.7 Å². The molecule has 0 saturated carbocycles. The van der Waals surface area contributed by atoms with Gasteiger partial charge in [0.25, 0.3) is 5.91 Å². The quantitative estimate of drug-likeness (QED) is 0.772. The average molecular weight is 412 g/mol. The Labute approximate surface area is 179 Å². The van der Waals surface area contributed by atoms with Crippen LogP contribution in [0.5, 0.6) is 6.01 Å². The number of carbonyl (C=O) groups excluding carboxylic acids is 1. The smallest absolute Gasteiger partial charge is 0.321 e. The van der Waals surface area contributed by atoms with Gasteiger partial charge in [-0.05, 0) is 37.5 Å². The minimum atomic E-state index is -0.0160. The third kappa shape index (κ3) is 7.28. The van der Waals surface area contributed by atoms with Gasteiger partial charge in [0.15, 0.2) is 0 Å². The van der Waals surface area contributed by atoms with Crippen LogP contribution in [0.15, 0.2) is 24.3 Å². The van der Waals surface area contributed by atoms with Gasteiger partial charge < -0.3 is 15.4 Å². The molecule has 0 aliphatic carbocycles. The van der Waals surface area contributed by atoms with E-state index in [1.165, 1.54) is 38.5 Å². The van der Waals surface area contributed by atoms with Gasteiger partial charge in [0.1, 0.15) is 5.82 Å². The molecule has 2 N–H and O–H groups in total. The highest BCUT2D eigenvalue weighted by molar-refractivity contribution is 5.94. The molecule has 0 atom stereocenters. The summed E-state index contributed by atoms with van der Waals surface area (Å²) in [6.07, 6.45) is 10.1. The average Bonchev–Trinajstić information content (AvgIpc) is 2.74. The molecule has 2 aliphatic heterocycles. The highest BCUT2D eigenvalue weighted by Crippen LogP contribution is 2.14. The summed E-state index contributed by atoms with van der Waals surface area (Å²) < 4.78 is 5.52. The molecule has 1 aromatic heterocycles. The molecule has 30 heavy (non-hydrogen) atoms. The molecular formula is C23H33N5O2. The SMILES string of the molecule is CCOc1nc2nc(n1)NCCCCCCCCCCNC(=O)c1ccc(cc1)C2. The lowest BCUT2D eigenvalue weighted by atomic mass is 10.1. The first kappa shape index (κ1) is 22.0. The van der Waals surface area contributed by atoms with E-state index < -0.39 is 0 Å². The largest absolute Gasteiger partial charge is 0.464 e. The molecule has 0 fully saturated rings. The zero-order valence-corrected chi connectivity index (χ0v) is 18.0. The summed E-state index contributed by atoms with van der Waals surface area (Å²) in [4.78, 5) is 25.7. The van der Waals surface area contributed by atoms with Gasteiger partial charge >= 0.3 is 6.01 Å². The number of aromatic nitrogens is 3. The van der Waals surface area contributed by atoms with Crippen LogP contribution in [-0.4, -0.2) is 40.6 Å². The molecular weight excluding hydrogens is 378 g/mol. The lowest BCUT2D eigenvalue weighted by Crippen LogP contribution is -2.24. The van der Waals surface area contributed by atoms with E-state index in [0.29, 0.717) is 36.4 Å². The zero-order chi connectivity index (χ0) is 21.0. The Kier molecular flexibility index (Phi) is 8.87. The van der Waals surface area contributed by atoms with E-state index in [1.807, 2.05) is 31.2 Å². The monoisotopic (exact) mass is 411 g/mol. The topological polar surface area (TPSA) is 89.0 Å². The van der Waals surface area contributed by atoms with Gasteiger partial charge in [0.05, 0.1) is 6.61 Å². The van der Waals surface area contributed by atoms with Gasteiger partial charge in [-0.15, -0.1) is 0 Å². The predicted octanol–water partition coefficient (Wildman–Crippen LogP) is 4.14. The van der Waals surface area contributed by atoms with Gasteiger partial charge in [0.2, 0.25) is 5.95 Å². The number of hydrogen-bond acceptors (Lipinski definition) is 6. The van der Waals surface area contributed by atoms with E-state index in [9.17, 15) is 4.79 Å². The second-order valence-electron chi connectivity index (χ2n) is 7.68. The van der Waals surface area contributed by atoms with Crippen LogP contribution in [0, 0.1) is 0 Å². The van der Waals surface area contributed by atoms with E-state index >= 15 is 0 Å². The molecule has 4 bridgehead atoms. The van der Waals surface area contributed by atoms with Crippen molar-refractivity contribution < 1.29 is 9.53 Å². The maximum absolute atomic E-state index is 12.3. The van der Waals surface area contributed by atoms with Crippen LogP contribution in [0.3, 0.4) is 0 Å². The van der Waals surface area contributed by atoms with E-state index in [4.69, 9.17) is 4.74 Å². The lowest BCUT2D eigenvalue weighted by Gasteiger charge is -2.09. The van der Waals surface area contributed by atoms with Crippen molar-refractivity contribution in [1.82, 2.24) is 20.3 Å². The van der Waals surface area contributed by atoms with Gasteiger partial charge in [-0.3, -0.25) is 4.79 Å². The summed E-state index contributed by atoms with van der Waals surface area (Å²) in [6, 6.07) is 7.97. The van der Waals surface area contributed by atoms with Crippen molar-refractivity contribution in [3.05, 3.63) is 41.2 Å². The van der Waals surface area contributed by atoms with E-state index in [0.717, 1.165) is 31.5 Å². The van der Waals surface area contributed by atoms with Crippen molar-refractivity contribution in [3.8, 4) is 6.01 Å². The zero-order valence-electron chi connectivity index (χ0n) is 18.0. The maximum Gasteiger partial charge on any atom is 0.321 e. The van der Waals surface area contributed by atoms with Crippen LogP contribution in [0.1, 0.15) is 80.0 Å². The number of benzene rings is 1. The van der Waals surface area contributed by atoms with Crippen LogP contribution in [0.25, 0.3) is 0 Å². The number of ether oxygens (including phenoxy) is 1. The molecule has 1 aromatic carbocycles. The van der Waals surface area contributed by atoms with Gasteiger partial charge in [-0.2, -0.15) is 15.0 Å². The van der Waals surface area contributed by atoms with Crippen molar-refractivity contribution in [3.63, 3.8) is 0 Å². The summed E-state index contributed by atoms with van der Waals surface area (Å²) in [7, 11) is 0. The van der Waals surface area contributed by atoms with Crippen molar-refractivity contribution in [2.75, 3.05) is 25.0 Å². The number of nitrogens with one attached hydrogen (secondary N) is 2. The number of anilines is 1. The third-order valence-corrected chi connectivity index (χ3v) is 5.19. The maximum atomic E-state index is 12.3. The number of rotatable bonds is 2. The van der Waals surface area contributed by atoms with E-state index in [2.05, 4.69) is 25.6 Å². The van der Waals surface area contributed by atoms with Gasteiger partial charge in [-0.25, -0.2) is 0 Å². The molecule has 2 aliphatic rings. The second kappa shape index (κ2) is 12.1. The molecule has 2 aromatic rings. The Morgan fingerprint density at radius 3 is 2.13 bits per heavy atom. The molecule has 0 saturated heterocycles. The first-order valence-corrected chi connectivity index (χ1v) is 11.2. The van der Waals surface area contributed by atoms with Crippen LogP contribution in [0.4, 0.5) is 5.95 Å². The third-order valence-electron chi connectivity index (χ3n) is 5.19. The van der Waals surface area contributed by atoms with E-state index in [1.54, 1.807) is 0 Å². The summed E-state index contributed by atoms with van der Waals surface area (Å²) in [5.74, 6) is 1.20. The normalized spacial score (nSPS) is 16.8. The van der Waals surface area contributed by atoms with Crippen molar-refractivity contribution >= 4 is 11.9 Å². The van der Waals surface area contributed by atoms with Gasteiger partial charge in [0, 0.05) is 25.1 Å². The first-order chi connectivity index (χ1) is 14.7. The Morgan fingerprint density at radius 2 is 1.47 bits per heavy atom. The highest BCUT2D eigenvalue weighted by Gasteiger charge is 2.10. The fourth-order valence-electron chi connectivity index (χ4n) is 3.52. The summed E-state index contributed by atoms with van der Waals surface area (Å²) in [5, 5.41) is 6.34. The molecule has 4 rings (SSSR count). The number of carbonyl (C=O) groups is 1. The molecule has 0 radical (unpaired) electrons. The molecule has 3 heterocycles. The van der Waals surface area contributed by atoms with E-state index in [-0.39, 0.29) is 5.91 Å². The molecule has 0 unspecified atom stereocenters. The Morgan fingerprint density at radius 1 is 0.833 bits per heavy atom. The lowest BCUT2D eigenvalue weighted by molar-refractivity contribution is 0.0953. The molecule has 1 amide bonds. The Bertz CT molecular complexity index is 795. The molecule has 0 spiro atoms. The van der Waals surface area contributed by atoms with Crippen LogP contribution in [-0.2, 0) is 6.42 Å². The molecule has 7 heteroatoms. The minimum Gasteiger partial charge on any atom is -0.464 e. The van der Waals surface area contributed by atoms with Gasteiger partial charge in [-0.1, -0.05) is 50.7 Å². The Hall–Kier alpha value is -2.70. The van der Waals surface area contributed by atoms with Crippen molar-refractivity contribution in [2.24, 2.45) is 0 Å². The standard InChI is InChI=1S/C23H33N5O2/c1-2-30-23-27-20-17-18-11-13-19(14-12-18)21(29)24-15-9-7-5-3-4-6-8-10-16-25-22(26-20)28-23/h11-14H,2-10,15-17H2,1H3,(H,24,29)(H,25,26,27,28). The highest BCUT2D eigenvalue weighted by atomic mass is 16.5. The molecule has 162 valence electrons. The second-order valence-corrected chi connectivity index (χ2v) is 7.68. The minimum absolute atomic E-state index is 0.0160. The summed E-state index contributed by atoms with van der Waals surface area (Å²) in [6.45, 7) is 4.00. The number of nitrogens with zero attached hydrogens (tertiary/aromatic N) is 3. The van der Waals surface area contributed by atoms with Crippen LogP contribution in [0.2, 0.25) is 0 Å². The Balaban J connectivity index is 1.73.